The molecule has 5 nitrogen and oxygen atoms in total. The van der Waals surface area contributed by atoms with Crippen LogP contribution < -0.4 is 0 Å². The molecule has 0 spiro atoms. The summed E-state index contributed by atoms with van der Waals surface area (Å²) < 4.78 is 4.42. The topological polar surface area (TPSA) is 81.2 Å². The minimum atomic E-state index is 0.562. The Kier molecular flexibility index (Phi) is 6.56. The van der Waals surface area contributed by atoms with Gasteiger partial charge in [-0.25, -0.2) is 0 Å². The van der Waals surface area contributed by atoms with Gasteiger partial charge in [-0.3, -0.25) is 0 Å². The van der Waals surface area contributed by atoms with Gasteiger partial charge in [0.1, 0.15) is 6.07 Å². The van der Waals surface area contributed by atoms with Crippen molar-refractivity contribution in [1.29, 1.82) is 15.8 Å². The number of nitriles is 3. The first-order chi connectivity index (χ1) is 24.7. The molecule has 0 aliphatic carbocycles. The van der Waals surface area contributed by atoms with Crippen molar-refractivity contribution in [3.63, 3.8) is 0 Å². The van der Waals surface area contributed by atoms with E-state index in [1.165, 1.54) is 10.8 Å². The number of hydrogen-bond donors (Lipinski definition) is 0. The van der Waals surface area contributed by atoms with Crippen LogP contribution in [0.4, 0.5) is 0 Å². The fraction of sp³-hybridized carbons (Fsp3) is 0. The molecule has 0 N–H and O–H groups in total. The Morgan fingerprint density at radius 1 is 0.400 bits per heavy atom. The quantitative estimate of drug-likeness (QED) is 0.193. The Hall–Kier alpha value is -7.39. The SMILES string of the molecule is N#Cc1ccc(-n2c3ccccc3c3ccccc32)c(-c2ccccc2-c2cccc(-n3c4ccc(C#N)cc4c4cccc(C#N)c43)c2)c1. The van der Waals surface area contributed by atoms with Gasteiger partial charge in [0.2, 0.25) is 0 Å². The van der Waals surface area contributed by atoms with Gasteiger partial charge in [-0.2, -0.15) is 15.8 Å². The van der Waals surface area contributed by atoms with E-state index in [2.05, 4.69) is 112 Å². The number of rotatable bonds is 4. The zero-order valence-corrected chi connectivity index (χ0v) is 26.7. The average molecular weight is 636 g/mol. The van der Waals surface area contributed by atoms with Gasteiger partial charge in [0.25, 0.3) is 0 Å². The lowest BCUT2D eigenvalue weighted by Gasteiger charge is -2.18. The number of nitrogens with zero attached hydrogens (tertiary/aromatic N) is 5. The summed E-state index contributed by atoms with van der Waals surface area (Å²) in [7, 11) is 0. The lowest BCUT2D eigenvalue weighted by atomic mass is 9.92. The highest BCUT2D eigenvalue weighted by atomic mass is 15.0. The van der Waals surface area contributed by atoms with Crippen LogP contribution in [-0.2, 0) is 0 Å². The lowest BCUT2D eigenvalue weighted by molar-refractivity contribution is 1.17. The maximum atomic E-state index is 10.2. The first kappa shape index (κ1) is 28.8. The van der Waals surface area contributed by atoms with Crippen LogP contribution in [0.2, 0.25) is 0 Å². The second-order valence-electron chi connectivity index (χ2n) is 12.3. The molecule has 2 heterocycles. The molecule has 0 saturated heterocycles. The van der Waals surface area contributed by atoms with E-state index < -0.39 is 0 Å². The van der Waals surface area contributed by atoms with E-state index in [1.54, 1.807) is 0 Å². The van der Waals surface area contributed by atoms with E-state index in [0.29, 0.717) is 16.7 Å². The van der Waals surface area contributed by atoms with E-state index in [1.807, 2.05) is 66.7 Å². The average Bonchev–Trinajstić information content (AvgIpc) is 3.70. The van der Waals surface area contributed by atoms with Crippen molar-refractivity contribution in [2.24, 2.45) is 0 Å². The lowest BCUT2D eigenvalue weighted by Crippen LogP contribution is -1.99. The second-order valence-corrected chi connectivity index (χ2v) is 12.3. The predicted molar refractivity (Wildman–Crippen MR) is 200 cm³/mol. The monoisotopic (exact) mass is 635 g/mol. The molecule has 0 aliphatic heterocycles. The van der Waals surface area contributed by atoms with Crippen LogP contribution in [0.1, 0.15) is 16.7 Å². The molecule has 230 valence electrons. The standard InChI is InChI=1S/C45H25N5/c46-26-29-20-22-44(50-41-17-5-3-14-36(41)37-15-4-6-18-42(37)50)39(23-29)35-13-2-1-12-34(35)31-9-7-11-33(25-31)49-43-21-19-30(27-47)24-40(43)38-16-8-10-32(28-48)45(38)49/h1-25H. The zero-order chi connectivity index (χ0) is 33.8. The molecule has 5 heteroatoms. The van der Waals surface area contributed by atoms with E-state index in [-0.39, 0.29) is 0 Å². The maximum absolute atomic E-state index is 10.2. The van der Waals surface area contributed by atoms with E-state index in [9.17, 15) is 15.8 Å². The number of benzene rings is 7. The molecule has 0 unspecified atom stereocenters. The molecule has 7 aromatic carbocycles. The first-order valence-electron chi connectivity index (χ1n) is 16.3. The summed E-state index contributed by atoms with van der Waals surface area (Å²) in [5.74, 6) is 0. The highest BCUT2D eigenvalue weighted by molar-refractivity contribution is 6.12. The van der Waals surface area contributed by atoms with Crippen molar-refractivity contribution >= 4 is 43.6 Å². The molecule has 9 rings (SSSR count). The molecule has 0 amide bonds. The molecular weight excluding hydrogens is 611 g/mol. The molecule has 9 aromatic rings. The normalized spacial score (nSPS) is 11.1. The molecule has 0 bridgehead atoms. The smallest absolute Gasteiger partial charge is 0.101 e. The van der Waals surface area contributed by atoms with Gasteiger partial charge < -0.3 is 9.13 Å². The van der Waals surface area contributed by atoms with Gasteiger partial charge in [-0.15, -0.1) is 0 Å². The molecule has 0 saturated carbocycles. The fourth-order valence-electron chi connectivity index (χ4n) is 7.48. The third kappa shape index (κ3) is 4.31. The van der Waals surface area contributed by atoms with Crippen LogP contribution in [0, 0.1) is 34.0 Å². The number of fused-ring (bicyclic) bond motifs is 6. The molecule has 0 aliphatic rings. The summed E-state index contributed by atoms with van der Waals surface area (Å²) in [4.78, 5) is 0. The second kappa shape index (κ2) is 11.4. The zero-order valence-electron chi connectivity index (χ0n) is 26.7. The summed E-state index contributed by atoms with van der Waals surface area (Å²) in [6.07, 6.45) is 0. The summed E-state index contributed by atoms with van der Waals surface area (Å²) in [5.41, 5.74) is 11.5. The van der Waals surface area contributed by atoms with Gasteiger partial charge in [0, 0.05) is 32.8 Å². The van der Waals surface area contributed by atoms with Crippen molar-refractivity contribution in [3.05, 3.63) is 168 Å². The van der Waals surface area contributed by atoms with Crippen LogP contribution in [0.5, 0.6) is 0 Å². The largest absolute Gasteiger partial charge is 0.309 e. The van der Waals surface area contributed by atoms with E-state index in [4.69, 9.17) is 0 Å². The van der Waals surface area contributed by atoms with Crippen LogP contribution >= 0.6 is 0 Å². The van der Waals surface area contributed by atoms with Gasteiger partial charge in [0.05, 0.1) is 56.6 Å². The summed E-state index contributed by atoms with van der Waals surface area (Å²) in [6, 6.07) is 57.9. The molecule has 0 fully saturated rings. The summed E-state index contributed by atoms with van der Waals surface area (Å²) in [5, 5.41) is 34.1. The van der Waals surface area contributed by atoms with Crippen LogP contribution in [-0.4, -0.2) is 9.13 Å². The van der Waals surface area contributed by atoms with Crippen molar-refractivity contribution in [1.82, 2.24) is 9.13 Å². The highest BCUT2D eigenvalue weighted by Crippen LogP contribution is 2.41. The van der Waals surface area contributed by atoms with Crippen molar-refractivity contribution in [2.75, 3.05) is 0 Å². The minimum Gasteiger partial charge on any atom is -0.309 e. The summed E-state index contributed by atoms with van der Waals surface area (Å²) >= 11 is 0. The molecule has 0 radical (unpaired) electrons. The Morgan fingerprint density at radius 3 is 1.76 bits per heavy atom. The number of hydrogen-bond acceptors (Lipinski definition) is 3. The summed E-state index contributed by atoms with van der Waals surface area (Å²) in [6.45, 7) is 0. The Labute approximate surface area is 287 Å². The third-order valence-corrected chi connectivity index (χ3v) is 9.62. The van der Waals surface area contributed by atoms with E-state index in [0.717, 1.165) is 66.5 Å². The van der Waals surface area contributed by atoms with Crippen molar-refractivity contribution in [2.45, 2.75) is 0 Å². The molecular formula is C45H25N5. The van der Waals surface area contributed by atoms with Crippen LogP contribution in [0.25, 0.3) is 77.2 Å². The number of para-hydroxylation sites is 3. The van der Waals surface area contributed by atoms with Crippen LogP contribution in [0.3, 0.4) is 0 Å². The highest BCUT2D eigenvalue weighted by Gasteiger charge is 2.20. The van der Waals surface area contributed by atoms with Gasteiger partial charge in [0.15, 0.2) is 0 Å². The Morgan fingerprint density at radius 2 is 1.02 bits per heavy atom. The molecule has 0 atom stereocenters. The van der Waals surface area contributed by atoms with Crippen molar-refractivity contribution < 1.29 is 0 Å². The fourth-order valence-corrected chi connectivity index (χ4v) is 7.48. The molecule has 2 aromatic heterocycles. The van der Waals surface area contributed by atoms with Crippen LogP contribution in [0.15, 0.2) is 152 Å². The van der Waals surface area contributed by atoms with Gasteiger partial charge in [-0.05, 0) is 83.4 Å². The Bertz CT molecular complexity index is 2920. The minimum absolute atomic E-state index is 0.562. The van der Waals surface area contributed by atoms with E-state index >= 15 is 0 Å². The third-order valence-electron chi connectivity index (χ3n) is 9.62. The molecule has 50 heavy (non-hydrogen) atoms. The Balaban J connectivity index is 1.29. The van der Waals surface area contributed by atoms with Gasteiger partial charge in [-0.1, -0.05) is 84.9 Å². The van der Waals surface area contributed by atoms with Gasteiger partial charge >= 0.3 is 0 Å². The number of aromatic nitrogens is 2. The first-order valence-corrected chi connectivity index (χ1v) is 16.3. The predicted octanol–water partition coefficient (Wildman–Crippen LogP) is 10.8. The van der Waals surface area contributed by atoms with Crippen molar-refractivity contribution in [3.8, 4) is 51.8 Å². The maximum Gasteiger partial charge on any atom is 0.101 e.